The van der Waals surface area contributed by atoms with Gasteiger partial charge < -0.3 is 10.3 Å². The Morgan fingerprint density at radius 2 is 1.85 bits per heavy atom. The molecule has 0 saturated heterocycles. The lowest BCUT2D eigenvalue weighted by atomic mass is 10.2. The lowest BCUT2D eigenvalue weighted by Crippen LogP contribution is -2.01. The maximum atomic E-state index is 14.0. The first-order chi connectivity index (χ1) is 9.70. The van der Waals surface area contributed by atoms with Crippen molar-refractivity contribution >= 4 is 22.5 Å². The fourth-order valence-corrected chi connectivity index (χ4v) is 2.66. The first-order valence-electron chi connectivity index (χ1n) is 6.40. The quantitative estimate of drug-likeness (QED) is 0.777. The van der Waals surface area contributed by atoms with E-state index in [0.29, 0.717) is 18.7 Å². The van der Waals surface area contributed by atoms with Crippen LogP contribution < -0.4 is 5.73 Å². The van der Waals surface area contributed by atoms with E-state index in [2.05, 4.69) is 0 Å². The first kappa shape index (κ1) is 13.2. The van der Waals surface area contributed by atoms with Crippen molar-refractivity contribution in [2.75, 3.05) is 0 Å². The Morgan fingerprint density at radius 1 is 1.05 bits per heavy atom. The summed E-state index contributed by atoms with van der Waals surface area (Å²) in [5.74, 6) is -0.360. The van der Waals surface area contributed by atoms with E-state index in [4.69, 9.17) is 17.3 Å². The fraction of sp³-hybridized carbons (Fsp3) is 0.125. The Bertz CT molecular complexity index is 764. The number of nitrogens with zero attached hydrogens (tertiary/aromatic N) is 1. The van der Waals surface area contributed by atoms with E-state index in [-0.39, 0.29) is 10.8 Å². The number of aromatic nitrogens is 1. The summed E-state index contributed by atoms with van der Waals surface area (Å²) in [5.41, 5.74) is 8.45. The Kier molecular flexibility index (Phi) is 3.47. The van der Waals surface area contributed by atoms with E-state index in [1.54, 1.807) is 18.2 Å². The highest BCUT2D eigenvalue weighted by Crippen LogP contribution is 2.24. The van der Waals surface area contributed by atoms with Crippen molar-refractivity contribution in [2.24, 2.45) is 5.73 Å². The summed E-state index contributed by atoms with van der Waals surface area (Å²) in [6.45, 7) is 0.901. The number of rotatable bonds is 3. The molecule has 0 spiro atoms. The lowest BCUT2D eigenvalue weighted by molar-refractivity contribution is 0.602. The summed E-state index contributed by atoms with van der Waals surface area (Å²) < 4.78 is 16.0. The van der Waals surface area contributed by atoms with Gasteiger partial charge in [0.2, 0.25) is 0 Å². The van der Waals surface area contributed by atoms with Crippen molar-refractivity contribution < 1.29 is 4.39 Å². The van der Waals surface area contributed by atoms with Gasteiger partial charge in [-0.2, -0.15) is 0 Å². The van der Waals surface area contributed by atoms with Gasteiger partial charge in [0.1, 0.15) is 5.82 Å². The van der Waals surface area contributed by atoms with Crippen LogP contribution in [0.25, 0.3) is 10.9 Å². The van der Waals surface area contributed by atoms with Gasteiger partial charge in [-0.1, -0.05) is 41.9 Å². The number of hydrogen-bond donors (Lipinski definition) is 1. The second kappa shape index (κ2) is 5.27. The molecule has 0 aliphatic heterocycles. The third kappa shape index (κ3) is 2.19. The maximum absolute atomic E-state index is 14.0. The molecule has 0 aliphatic carbocycles. The van der Waals surface area contributed by atoms with Gasteiger partial charge in [-0.05, 0) is 17.7 Å². The largest absolute Gasteiger partial charge is 0.343 e. The van der Waals surface area contributed by atoms with Gasteiger partial charge in [-0.15, -0.1) is 0 Å². The Labute approximate surface area is 121 Å². The Hall–Kier alpha value is -1.84. The summed E-state index contributed by atoms with van der Waals surface area (Å²) in [5, 5.41) is 1.26. The fourth-order valence-electron chi connectivity index (χ4n) is 2.47. The van der Waals surface area contributed by atoms with Gasteiger partial charge in [0.15, 0.2) is 0 Å². The first-order valence-corrected chi connectivity index (χ1v) is 6.78. The predicted octanol–water partition coefficient (Wildman–Crippen LogP) is 3.94. The molecule has 3 rings (SSSR count). The van der Waals surface area contributed by atoms with Gasteiger partial charge in [0.25, 0.3) is 0 Å². The molecule has 2 aromatic carbocycles. The highest BCUT2D eigenvalue weighted by atomic mass is 35.5. The monoisotopic (exact) mass is 288 g/mol. The molecule has 0 radical (unpaired) electrons. The smallest absolute Gasteiger partial charge is 0.146 e. The van der Waals surface area contributed by atoms with Crippen LogP contribution in [0.4, 0.5) is 4.39 Å². The lowest BCUT2D eigenvalue weighted by Gasteiger charge is -2.07. The average molecular weight is 289 g/mol. The summed E-state index contributed by atoms with van der Waals surface area (Å²) in [7, 11) is 0. The number of halogens is 2. The summed E-state index contributed by atoms with van der Waals surface area (Å²) >= 11 is 5.83. The summed E-state index contributed by atoms with van der Waals surface area (Å²) in [4.78, 5) is 0. The predicted molar refractivity (Wildman–Crippen MR) is 80.3 cm³/mol. The molecule has 0 bridgehead atoms. The highest BCUT2D eigenvalue weighted by molar-refractivity contribution is 6.30. The van der Waals surface area contributed by atoms with Crippen molar-refractivity contribution in [3.63, 3.8) is 0 Å². The van der Waals surface area contributed by atoms with Crippen LogP contribution in [-0.2, 0) is 13.1 Å². The minimum absolute atomic E-state index is 0.151. The van der Waals surface area contributed by atoms with E-state index in [1.807, 2.05) is 35.0 Å². The Balaban J connectivity index is 2.09. The van der Waals surface area contributed by atoms with E-state index < -0.39 is 0 Å². The molecule has 0 saturated carbocycles. The van der Waals surface area contributed by atoms with Gasteiger partial charge in [-0.3, -0.25) is 0 Å². The van der Waals surface area contributed by atoms with E-state index >= 15 is 0 Å². The zero-order chi connectivity index (χ0) is 14.1. The van der Waals surface area contributed by atoms with Crippen molar-refractivity contribution in [3.05, 3.63) is 70.6 Å². The topological polar surface area (TPSA) is 30.9 Å². The minimum atomic E-state index is -0.360. The summed E-state index contributed by atoms with van der Waals surface area (Å²) in [6, 6.07) is 13.0. The van der Waals surface area contributed by atoms with Crippen LogP contribution in [0, 0.1) is 5.82 Å². The third-order valence-electron chi connectivity index (χ3n) is 3.46. The molecule has 1 heterocycles. The molecule has 2 nitrogen and oxygen atoms in total. The molecule has 4 heteroatoms. The van der Waals surface area contributed by atoms with Crippen LogP contribution in [0.3, 0.4) is 0 Å². The number of fused-ring (bicyclic) bond motifs is 1. The molecule has 0 atom stereocenters. The zero-order valence-corrected chi connectivity index (χ0v) is 11.6. The van der Waals surface area contributed by atoms with Crippen molar-refractivity contribution in [3.8, 4) is 0 Å². The van der Waals surface area contributed by atoms with Gasteiger partial charge in [0.05, 0.1) is 11.6 Å². The van der Waals surface area contributed by atoms with Gasteiger partial charge >= 0.3 is 0 Å². The van der Waals surface area contributed by atoms with Crippen molar-refractivity contribution in [1.82, 2.24) is 4.57 Å². The van der Waals surface area contributed by atoms with Crippen LogP contribution in [0.15, 0.2) is 48.7 Å². The molecule has 0 unspecified atom stereocenters. The van der Waals surface area contributed by atoms with Gasteiger partial charge in [-0.25, -0.2) is 4.39 Å². The number of para-hydroxylation sites is 1. The van der Waals surface area contributed by atoms with Crippen LogP contribution in [0.1, 0.15) is 11.1 Å². The molecule has 102 valence electrons. The molecule has 3 aromatic rings. The summed E-state index contributed by atoms with van der Waals surface area (Å²) in [6.07, 6.45) is 1.98. The molecule has 0 amide bonds. The molecular weight excluding hydrogens is 275 g/mol. The molecule has 0 aliphatic rings. The Morgan fingerprint density at radius 3 is 2.65 bits per heavy atom. The van der Waals surface area contributed by atoms with Crippen LogP contribution in [0.5, 0.6) is 0 Å². The van der Waals surface area contributed by atoms with Crippen LogP contribution in [0.2, 0.25) is 5.02 Å². The molecule has 20 heavy (non-hydrogen) atoms. The molecule has 2 N–H and O–H groups in total. The second-order valence-electron chi connectivity index (χ2n) is 4.72. The van der Waals surface area contributed by atoms with Crippen molar-refractivity contribution in [1.29, 1.82) is 0 Å². The van der Waals surface area contributed by atoms with Crippen LogP contribution in [-0.4, -0.2) is 4.57 Å². The molecule has 0 fully saturated rings. The normalized spacial score (nSPS) is 11.2. The third-order valence-corrected chi connectivity index (χ3v) is 3.76. The van der Waals surface area contributed by atoms with E-state index in [9.17, 15) is 4.39 Å². The molecule has 1 aromatic heterocycles. The molecular formula is C16H14ClFN2. The van der Waals surface area contributed by atoms with Crippen LogP contribution >= 0.6 is 11.6 Å². The minimum Gasteiger partial charge on any atom is -0.343 e. The number of hydrogen-bond acceptors (Lipinski definition) is 1. The van der Waals surface area contributed by atoms with E-state index in [1.165, 1.54) is 0 Å². The van der Waals surface area contributed by atoms with E-state index in [0.717, 1.165) is 16.5 Å². The number of nitrogens with two attached hydrogens (primary N) is 1. The average Bonchev–Trinajstić information content (AvgIpc) is 2.82. The SMILES string of the molecule is NCc1cn(Cc2cccc(Cl)c2F)c2ccccc12. The standard InChI is InChI=1S/C16H14ClFN2/c17-14-6-3-4-11(16(14)18)9-20-10-12(8-19)13-5-1-2-7-15(13)20/h1-7,10H,8-9,19H2. The second-order valence-corrected chi connectivity index (χ2v) is 5.12. The number of benzene rings is 2. The maximum Gasteiger partial charge on any atom is 0.146 e. The van der Waals surface area contributed by atoms with Gasteiger partial charge in [0, 0.05) is 29.2 Å². The van der Waals surface area contributed by atoms with Crippen molar-refractivity contribution in [2.45, 2.75) is 13.1 Å². The zero-order valence-electron chi connectivity index (χ0n) is 10.8. The highest BCUT2D eigenvalue weighted by Gasteiger charge is 2.10.